The lowest BCUT2D eigenvalue weighted by atomic mass is 10.3. The van der Waals surface area contributed by atoms with Gasteiger partial charge in [-0.25, -0.2) is 0 Å². The fraction of sp³-hybridized carbons (Fsp3) is 0.143. The molecule has 0 unspecified atom stereocenters. The molecule has 0 bridgehead atoms. The summed E-state index contributed by atoms with van der Waals surface area (Å²) in [6.45, 7) is 0. The summed E-state index contributed by atoms with van der Waals surface area (Å²) in [4.78, 5) is 0. The number of ether oxygens (including phenoxy) is 1. The molecule has 1 radical (unpaired) electrons. The number of nitrogen functional groups attached to an aromatic ring is 1. The molecule has 1 rings (SSSR count). The molecule has 0 saturated carbocycles. The molecule has 2 N–H and O–H groups in total. The van der Waals surface area contributed by atoms with Gasteiger partial charge in [0.1, 0.15) is 5.75 Å². The predicted octanol–water partition coefficient (Wildman–Crippen LogP) is 1.08. The van der Waals surface area contributed by atoms with Crippen LogP contribution in [-0.4, -0.2) is 7.11 Å². The summed E-state index contributed by atoms with van der Waals surface area (Å²) >= 11 is 0. The van der Waals surface area contributed by atoms with Crippen molar-refractivity contribution in [1.29, 1.82) is 0 Å². The van der Waals surface area contributed by atoms with Gasteiger partial charge in [0.25, 0.3) is 0 Å². The third-order valence-corrected chi connectivity index (χ3v) is 1.04. The number of nitrogens with two attached hydrogens (primary N) is 1. The van der Waals surface area contributed by atoms with Crippen molar-refractivity contribution in [2.24, 2.45) is 0 Å². The quantitative estimate of drug-likeness (QED) is 0.565. The zero-order chi connectivity index (χ0) is 6.69. The first kappa shape index (κ1) is 5.95. The standard InChI is InChI=1S/C7H8NO/c1-9-7-4-2-6(8)3-5-7/h2,4-5H,8H2,1H3. The van der Waals surface area contributed by atoms with Crippen molar-refractivity contribution in [2.45, 2.75) is 0 Å². The first-order chi connectivity index (χ1) is 4.33. The maximum absolute atomic E-state index is 5.37. The number of hydrogen-bond acceptors (Lipinski definition) is 2. The molecule has 0 aromatic heterocycles. The average molecular weight is 122 g/mol. The van der Waals surface area contributed by atoms with E-state index in [0.717, 1.165) is 5.75 Å². The van der Waals surface area contributed by atoms with Gasteiger partial charge in [-0.3, -0.25) is 0 Å². The molecule has 0 aliphatic heterocycles. The second kappa shape index (κ2) is 2.40. The number of benzene rings is 1. The van der Waals surface area contributed by atoms with Gasteiger partial charge in [0.2, 0.25) is 0 Å². The van der Waals surface area contributed by atoms with Crippen molar-refractivity contribution in [3.05, 3.63) is 24.3 Å². The highest BCUT2D eigenvalue weighted by atomic mass is 16.5. The van der Waals surface area contributed by atoms with E-state index < -0.39 is 0 Å². The summed E-state index contributed by atoms with van der Waals surface area (Å²) in [6, 6.07) is 8.05. The Labute approximate surface area is 54.2 Å². The Kier molecular flexibility index (Phi) is 1.58. The van der Waals surface area contributed by atoms with Crippen LogP contribution < -0.4 is 10.5 Å². The van der Waals surface area contributed by atoms with Gasteiger partial charge in [-0.05, 0) is 18.2 Å². The van der Waals surface area contributed by atoms with E-state index in [1.807, 2.05) is 0 Å². The Balaban J connectivity index is 2.88. The summed E-state index contributed by atoms with van der Waals surface area (Å²) in [7, 11) is 1.61. The zero-order valence-electron chi connectivity index (χ0n) is 5.22. The van der Waals surface area contributed by atoms with E-state index in [0.29, 0.717) is 5.69 Å². The zero-order valence-corrected chi connectivity index (χ0v) is 5.22. The van der Waals surface area contributed by atoms with Gasteiger partial charge >= 0.3 is 0 Å². The van der Waals surface area contributed by atoms with Gasteiger partial charge in [0.15, 0.2) is 0 Å². The molecule has 0 aliphatic rings. The molecular formula is C7H8NO. The summed E-state index contributed by atoms with van der Waals surface area (Å²) in [6.07, 6.45) is 0. The Morgan fingerprint density at radius 3 is 2.78 bits per heavy atom. The van der Waals surface area contributed by atoms with Crippen molar-refractivity contribution in [2.75, 3.05) is 12.8 Å². The molecule has 2 heteroatoms. The number of hydrogen-bond donors (Lipinski definition) is 1. The first-order valence-electron chi connectivity index (χ1n) is 2.64. The van der Waals surface area contributed by atoms with Crippen LogP contribution in [0.4, 0.5) is 5.69 Å². The molecule has 1 aromatic carbocycles. The van der Waals surface area contributed by atoms with Gasteiger partial charge in [0, 0.05) is 11.8 Å². The van der Waals surface area contributed by atoms with Crippen LogP contribution >= 0.6 is 0 Å². The van der Waals surface area contributed by atoms with E-state index >= 15 is 0 Å². The molecule has 0 spiro atoms. The van der Waals surface area contributed by atoms with Gasteiger partial charge in [-0.2, -0.15) is 0 Å². The third-order valence-electron chi connectivity index (χ3n) is 1.04. The number of methoxy groups -OCH3 is 1. The number of anilines is 1. The lowest BCUT2D eigenvalue weighted by Crippen LogP contribution is -1.85. The van der Waals surface area contributed by atoms with Gasteiger partial charge < -0.3 is 10.5 Å². The van der Waals surface area contributed by atoms with E-state index in [2.05, 4.69) is 6.07 Å². The molecule has 0 heterocycles. The second-order valence-electron chi connectivity index (χ2n) is 1.68. The van der Waals surface area contributed by atoms with Crippen LogP contribution in [0.1, 0.15) is 0 Å². The molecule has 9 heavy (non-hydrogen) atoms. The fourth-order valence-corrected chi connectivity index (χ4v) is 0.550. The molecule has 2 nitrogen and oxygen atoms in total. The lowest BCUT2D eigenvalue weighted by molar-refractivity contribution is 0.415. The SMILES string of the molecule is COc1c[c]c(N)cc1. The van der Waals surface area contributed by atoms with E-state index in [1.165, 1.54) is 0 Å². The summed E-state index contributed by atoms with van der Waals surface area (Å²) in [5.74, 6) is 0.782. The van der Waals surface area contributed by atoms with Crippen molar-refractivity contribution >= 4 is 5.69 Å². The minimum absolute atomic E-state index is 0.635. The Morgan fingerprint density at radius 1 is 1.56 bits per heavy atom. The maximum atomic E-state index is 5.37. The molecule has 0 saturated heterocycles. The van der Waals surface area contributed by atoms with Crippen molar-refractivity contribution in [1.82, 2.24) is 0 Å². The molecule has 1 aromatic rings. The van der Waals surface area contributed by atoms with Crippen molar-refractivity contribution < 1.29 is 4.74 Å². The molecule has 0 aliphatic carbocycles. The predicted molar refractivity (Wildman–Crippen MR) is 36.2 cm³/mol. The van der Waals surface area contributed by atoms with Crippen LogP contribution in [0.25, 0.3) is 0 Å². The minimum atomic E-state index is 0.635. The maximum Gasteiger partial charge on any atom is 0.119 e. The summed E-state index contributed by atoms with van der Waals surface area (Å²) in [5.41, 5.74) is 6.01. The van der Waals surface area contributed by atoms with Crippen LogP contribution in [0.15, 0.2) is 18.2 Å². The van der Waals surface area contributed by atoms with E-state index in [4.69, 9.17) is 10.5 Å². The molecule has 0 amide bonds. The van der Waals surface area contributed by atoms with Gasteiger partial charge in [-0.1, -0.05) is 0 Å². The molecule has 47 valence electrons. The molecule has 0 atom stereocenters. The Morgan fingerprint density at radius 2 is 2.33 bits per heavy atom. The molecular weight excluding hydrogens is 114 g/mol. The van der Waals surface area contributed by atoms with Crippen LogP contribution in [0.3, 0.4) is 0 Å². The van der Waals surface area contributed by atoms with Gasteiger partial charge in [-0.15, -0.1) is 0 Å². The van der Waals surface area contributed by atoms with Crippen LogP contribution in [0, 0.1) is 6.07 Å². The second-order valence-corrected chi connectivity index (χ2v) is 1.68. The van der Waals surface area contributed by atoms with Crippen LogP contribution in [0.5, 0.6) is 5.75 Å². The number of rotatable bonds is 1. The topological polar surface area (TPSA) is 35.2 Å². The third kappa shape index (κ3) is 1.35. The highest BCUT2D eigenvalue weighted by Crippen LogP contribution is 2.10. The monoisotopic (exact) mass is 122 g/mol. The fourth-order valence-electron chi connectivity index (χ4n) is 0.550. The lowest BCUT2D eigenvalue weighted by Gasteiger charge is -1.96. The van der Waals surface area contributed by atoms with E-state index in [1.54, 1.807) is 25.3 Å². The van der Waals surface area contributed by atoms with Crippen LogP contribution in [-0.2, 0) is 0 Å². The average Bonchev–Trinajstić information content (AvgIpc) is 1.90. The van der Waals surface area contributed by atoms with E-state index in [-0.39, 0.29) is 0 Å². The van der Waals surface area contributed by atoms with Crippen molar-refractivity contribution in [3.63, 3.8) is 0 Å². The van der Waals surface area contributed by atoms with Crippen LogP contribution in [0.2, 0.25) is 0 Å². The first-order valence-corrected chi connectivity index (χ1v) is 2.64. The smallest absolute Gasteiger partial charge is 0.119 e. The normalized spacial score (nSPS) is 9.00. The van der Waals surface area contributed by atoms with Crippen molar-refractivity contribution in [3.8, 4) is 5.75 Å². The molecule has 0 fully saturated rings. The highest BCUT2D eigenvalue weighted by molar-refractivity contribution is 5.40. The Hall–Kier alpha value is -1.18. The summed E-state index contributed by atoms with van der Waals surface area (Å²) in [5, 5.41) is 0. The Bertz CT molecular complexity index is 181. The largest absolute Gasteiger partial charge is 0.497 e. The summed E-state index contributed by atoms with van der Waals surface area (Å²) < 4.78 is 4.88. The van der Waals surface area contributed by atoms with Gasteiger partial charge in [0.05, 0.1) is 7.11 Å². The minimum Gasteiger partial charge on any atom is -0.497 e. The van der Waals surface area contributed by atoms with E-state index in [9.17, 15) is 0 Å². The highest BCUT2D eigenvalue weighted by Gasteiger charge is 1.86.